The Kier molecular flexibility index (Phi) is 4.13. The molecule has 2 rings (SSSR count). The highest BCUT2D eigenvalue weighted by molar-refractivity contribution is 7.21. The fourth-order valence-corrected chi connectivity index (χ4v) is 3.42. The van der Waals surface area contributed by atoms with Crippen LogP contribution in [0, 0.1) is 6.92 Å². The number of hydrogen-bond acceptors (Lipinski definition) is 4. The van der Waals surface area contributed by atoms with Crippen molar-refractivity contribution in [3.05, 3.63) is 23.2 Å². The average molecular weight is 292 g/mol. The summed E-state index contributed by atoms with van der Waals surface area (Å²) in [6, 6.07) is 0. The van der Waals surface area contributed by atoms with Crippen molar-refractivity contribution in [1.82, 2.24) is 14.7 Å². The summed E-state index contributed by atoms with van der Waals surface area (Å²) in [5.41, 5.74) is 7.56. The zero-order chi connectivity index (χ0) is 14.9. The van der Waals surface area contributed by atoms with Crippen LogP contribution in [0.5, 0.6) is 0 Å². The van der Waals surface area contributed by atoms with Crippen LogP contribution >= 0.6 is 11.3 Å². The molecule has 0 atom stereocenters. The summed E-state index contributed by atoms with van der Waals surface area (Å²) in [7, 11) is 3.67. The standard InChI is InChI=1S/C14H20N4OS/c1-5-6-7-8-17(3)13(19)12-11(15)10-9(2)16-18(4)14(10)20-12/h5H,1,6-8,15H2,2-4H3. The largest absolute Gasteiger partial charge is 0.397 e. The van der Waals surface area contributed by atoms with Gasteiger partial charge in [0.1, 0.15) is 9.71 Å². The predicted octanol–water partition coefficient (Wildman–Crippen LogP) is 2.56. The van der Waals surface area contributed by atoms with E-state index in [9.17, 15) is 4.79 Å². The van der Waals surface area contributed by atoms with Gasteiger partial charge in [-0.15, -0.1) is 17.9 Å². The van der Waals surface area contributed by atoms with Gasteiger partial charge in [-0.25, -0.2) is 0 Å². The second-order valence-corrected chi connectivity index (χ2v) is 5.89. The first kappa shape index (κ1) is 14.6. The maximum Gasteiger partial charge on any atom is 0.265 e. The molecule has 0 aliphatic heterocycles. The predicted molar refractivity (Wildman–Crippen MR) is 84.1 cm³/mol. The Morgan fingerprint density at radius 1 is 1.60 bits per heavy atom. The van der Waals surface area contributed by atoms with Gasteiger partial charge in [0, 0.05) is 20.6 Å². The van der Waals surface area contributed by atoms with Gasteiger partial charge in [-0.05, 0) is 19.8 Å². The highest BCUT2D eigenvalue weighted by Gasteiger charge is 2.22. The number of nitrogens with two attached hydrogens (primary N) is 1. The van der Waals surface area contributed by atoms with E-state index in [0.717, 1.165) is 28.8 Å². The smallest absolute Gasteiger partial charge is 0.265 e. The molecule has 2 aromatic heterocycles. The topological polar surface area (TPSA) is 64.2 Å². The molecule has 2 heterocycles. The van der Waals surface area contributed by atoms with Gasteiger partial charge in [0.2, 0.25) is 0 Å². The number of amides is 1. The van der Waals surface area contributed by atoms with Crippen molar-refractivity contribution < 1.29 is 4.79 Å². The van der Waals surface area contributed by atoms with Gasteiger partial charge in [-0.2, -0.15) is 5.10 Å². The number of aromatic nitrogens is 2. The number of nitrogens with zero attached hydrogens (tertiary/aromatic N) is 3. The summed E-state index contributed by atoms with van der Waals surface area (Å²) >= 11 is 1.41. The maximum atomic E-state index is 12.5. The number of thiophene rings is 1. The third-order valence-electron chi connectivity index (χ3n) is 3.32. The van der Waals surface area contributed by atoms with E-state index < -0.39 is 0 Å². The Labute approximate surface area is 122 Å². The van der Waals surface area contributed by atoms with E-state index in [0.29, 0.717) is 17.1 Å². The molecule has 0 radical (unpaired) electrons. The van der Waals surface area contributed by atoms with Crippen LogP contribution in [-0.2, 0) is 7.05 Å². The molecule has 20 heavy (non-hydrogen) atoms. The van der Waals surface area contributed by atoms with Crippen LogP contribution in [0.2, 0.25) is 0 Å². The molecule has 0 saturated carbocycles. The fraction of sp³-hybridized carbons (Fsp3) is 0.429. The number of anilines is 1. The molecule has 0 aliphatic carbocycles. The summed E-state index contributed by atoms with van der Waals surface area (Å²) in [6.45, 7) is 6.30. The van der Waals surface area contributed by atoms with Crippen LogP contribution in [0.25, 0.3) is 10.2 Å². The second-order valence-electron chi connectivity index (χ2n) is 4.89. The number of carbonyl (C=O) groups is 1. The molecule has 0 saturated heterocycles. The summed E-state index contributed by atoms with van der Waals surface area (Å²) in [5, 5.41) is 5.23. The number of hydrogen-bond donors (Lipinski definition) is 1. The molecule has 2 N–H and O–H groups in total. The molecule has 0 aliphatic rings. The average Bonchev–Trinajstić information content (AvgIpc) is 2.88. The zero-order valence-corrected chi connectivity index (χ0v) is 13.0. The zero-order valence-electron chi connectivity index (χ0n) is 12.1. The molecular weight excluding hydrogens is 272 g/mol. The van der Waals surface area contributed by atoms with Gasteiger partial charge < -0.3 is 10.6 Å². The number of fused-ring (bicyclic) bond motifs is 1. The Morgan fingerprint density at radius 2 is 2.30 bits per heavy atom. The van der Waals surface area contributed by atoms with Gasteiger partial charge in [0.15, 0.2) is 0 Å². The second kappa shape index (κ2) is 5.66. The Morgan fingerprint density at radius 3 is 2.90 bits per heavy atom. The third kappa shape index (κ3) is 2.43. The maximum absolute atomic E-state index is 12.5. The Balaban J connectivity index is 2.28. The first-order valence-corrected chi connectivity index (χ1v) is 7.37. The van der Waals surface area contributed by atoms with Crippen LogP contribution in [0.3, 0.4) is 0 Å². The van der Waals surface area contributed by atoms with Crippen molar-refractivity contribution in [2.45, 2.75) is 19.8 Å². The van der Waals surface area contributed by atoms with Crippen LogP contribution in [-0.4, -0.2) is 34.2 Å². The lowest BCUT2D eigenvalue weighted by Gasteiger charge is -2.16. The number of aryl methyl sites for hydroxylation is 2. The van der Waals surface area contributed by atoms with Crippen LogP contribution in [0.1, 0.15) is 28.2 Å². The third-order valence-corrected chi connectivity index (χ3v) is 4.59. The quantitative estimate of drug-likeness (QED) is 0.680. The van der Waals surface area contributed by atoms with Crippen molar-refractivity contribution in [1.29, 1.82) is 0 Å². The molecule has 108 valence electrons. The molecule has 1 amide bonds. The molecule has 0 unspecified atom stereocenters. The SMILES string of the molecule is C=CCCCN(C)C(=O)c1sc2c(c(C)nn2C)c1N. The number of unbranched alkanes of at least 4 members (excludes halogenated alkanes) is 1. The molecule has 0 spiro atoms. The van der Waals surface area contributed by atoms with Gasteiger partial charge in [0.05, 0.1) is 16.8 Å². The minimum absolute atomic E-state index is 0.0211. The molecule has 0 aromatic carbocycles. The van der Waals surface area contributed by atoms with E-state index in [1.165, 1.54) is 11.3 Å². The van der Waals surface area contributed by atoms with E-state index in [4.69, 9.17) is 5.73 Å². The lowest BCUT2D eigenvalue weighted by atomic mass is 10.2. The lowest BCUT2D eigenvalue weighted by Crippen LogP contribution is -2.27. The van der Waals surface area contributed by atoms with E-state index in [2.05, 4.69) is 11.7 Å². The highest BCUT2D eigenvalue weighted by atomic mass is 32.1. The fourth-order valence-electron chi connectivity index (χ4n) is 2.24. The number of rotatable bonds is 5. The van der Waals surface area contributed by atoms with Crippen molar-refractivity contribution >= 4 is 33.1 Å². The Bertz CT molecular complexity index is 656. The lowest BCUT2D eigenvalue weighted by molar-refractivity contribution is 0.0799. The van der Waals surface area contributed by atoms with Gasteiger partial charge in [-0.3, -0.25) is 9.48 Å². The molecular formula is C14H20N4OS. The summed E-state index contributed by atoms with van der Waals surface area (Å²) < 4.78 is 1.78. The van der Waals surface area contributed by atoms with Crippen LogP contribution < -0.4 is 5.73 Å². The summed E-state index contributed by atoms with van der Waals surface area (Å²) in [6.07, 6.45) is 3.68. The van der Waals surface area contributed by atoms with E-state index in [1.54, 1.807) is 16.6 Å². The van der Waals surface area contributed by atoms with Crippen molar-refractivity contribution in [2.75, 3.05) is 19.3 Å². The van der Waals surface area contributed by atoms with Gasteiger partial charge in [-0.1, -0.05) is 6.08 Å². The molecule has 6 heteroatoms. The first-order chi connectivity index (χ1) is 9.47. The summed E-state index contributed by atoms with van der Waals surface area (Å²) in [5.74, 6) is -0.0211. The number of carbonyl (C=O) groups excluding carboxylic acids is 1. The number of allylic oxidation sites excluding steroid dienone is 1. The molecule has 0 bridgehead atoms. The minimum Gasteiger partial charge on any atom is -0.397 e. The van der Waals surface area contributed by atoms with Crippen molar-refractivity contribution in [3.8, 4) is 0 Å². The molecule has 0 fully saturated rings. The van der Waals surface area contributed by atoms with Gasteiger partial charge in [0.25, 0.3) is 5.91 Å². The van der Waals surface area contributed by atoms with Gasteiger partial charge >= 0.3 is 0 Å². The van der Waals surface area contributed by atoms with Crippen molar-refractivity contribution in [3.63, 3.8) is 0 Å². The normalized spacial score (nSPS) is 10.9. The monoisotopic (exact) mass is 292 g/mol. The highest BCUT2D eigenvalue weighted by Crippen LogP contribution is 2.35. The van der Waals surface area contributed by atoms with Crippen LogP contribution in [0.4, 0.5) is 5.69 Å². The van der Waals surface area contributed by atoms with Crippen LogP contribution in [0.15, 0.2) is 12.7 Å². The molecule has 2 aromatic rings. The summed E-state index contributed by atoms with van der Waals surface area (Å²) in [4.78, 5) is 15.7. The van der Waals surface area contributed by atoms with E-state index >= 15 is 0 Å². The van der Waals surface area contributed by atoms with E-state index in [1.807, 2.05) is 20.0 Å². The van der Waals surface area contributed by atoms with Crippen molar-refractivity contribution in [2.24, 2.45) is 7.05 Å². The number of nitrogen functional groups attached to an aromatic ring is 1. The van der Waals surface area contributed by atoms with E-state index in [-0.39, 0.29) is 5.91 Å². The Hall–Kier alpha value is -1.82. The minimum atomic E-state index is -0.0211. The molecule has 5 nitrogen and oxygen atoms in total. The first-order valence-electron chi connectivity index (χ1n) is 6.55.